The molecule has 0 spiro atoms. The van der Waals surface area contributed by atoms with Gasteiger partial charge in [0, 0.05) is 10.3 Å². The molecule has 0 fully saturated rings. The van der Waals surface area contributed by atoms with E-state index in [-0.39, 0.29) is 5.97 Å². The van der Waals surface area contributed by atoms with Crippen molar-refractivity contribution < 1.29 is 9.53 Å². The molecule has 0 bridgehead atoms. The highest BCUT2D eigenvalue weighted by atomic mass is 32.2. The van der Waals surface area contributed by atoms with E-state index in [1.807, 2.05) is 18.2 Å². The summed E-state index contributed by atoms with van der Waals surface area (Å²) < 4.78 is 5.00. The maximum atomic E-state index is 11.7. The standard InChI is InChI=1S/C14H18N2O2S/c1-3-7-19-12-6-5-10(15)13-9(12)8-11(16-13)14(17)18-4-2/h5-6,8,16H,3-4,7,15H2,1-2H3. The van der Waals surface area contributed by atoms with Gasteiger partial charge in [0.1, 0.15) is 5.69 Å². The van der Waals surface area contributed by atoms with Gasteiger partial charge >= 0.3 is 5.97 Å². The lowest BCUT2D eigenvalue weighted by atomic mass is 10.2. The molecular formula is C14H18N2O2S. The van der Waals surface area contributed by atoms with Crippen LogP contribution in [0, 0.1) is 0 Å². The first-order valence-electron chi connectivity index (χ1n) is 6.38. The van der Waals surface area contributed by atoms with Gasteiger partial charge in [-0.2, -0.15) is 0 Å². The van der Waals surface area contributed by atoms with Crippen LogP contribution >= 0.6 is 11.8 Å². The normalized spacial score (nSPS) is 10.8. The Morgan fingerprint density at radius 1 is 1.42 bits per heavy atom. The van der Waals surface area contributed by atoms with Crippen molar-refractivity contribution in [2.45, 2.75) is 25.2 Å². The number of ether oxygens (including phenoxy) is 1. The van der Waals surface area contributed by atoms with Crippen LogP contribution in [-0.2, 0) is 4.74 Å². The fourth-order valence-electron chi connectivity index (χ4n) is 1.87. The van der Waals surface area contributed by atoms with Crippen LogP contribution in [0.4, 0.5) is 5.69 Å². The second-order valence-corrected chi connectivity index (χ2v) is 5.33. The molecule has 0 unspecified atom stereocenters. The number of hydrogen-bond donors (Lipinski definition) is 2. The van der Waals surface area contributed by atoms with Gasteiger partial charge < -0.3 is 15.5 Å². The first kappa shape index (κ1) is 13.8. The minimum Gasteiger partial charge on any atom is -0.461 e. The van der Waals surface area contributed by atoms with Crippen molar-refractivity contribution in [2.75, 3.05) is 18.1 Å². The first-order valence-corrected chi connectivity index (χ1v) is 7.37. The Labute approximate surface area is 116 Å². The number of nitrogens with two attached hydrogens (primary N) is 1. The summed E-state index contributed by atoms with van der Waals surface area (Å²) in [5.74, 6) is 0.698. The fraction of sp³-hybridized carbons (Fsp3) is 0.357. The van der Waals surface area contributed by atoms with Crippen LogP contribution in [-0.4, -0.2) is 23.3 Å². The highest BCUT2D eigenvalue weighted by Crippen LogP contribution is 2.32. The second kappa shape index (κ2) is 6.02. The topological polar surface area (TPSA) is 68.1 Å². The molecule has 0 saturated heterocycles. The van der Waals surface area contributed by atoms with E-state index >= 15 is 0 Å². The minimum atomic E-state index is -0.343. The van der Waals surface area contributed by atoms with E-state index < -0.39 is 0 Å². The third-order valence-electron chi connectivity index (χ3n) is 2.74. The van der Waals surface area contributed by atoms with Crippen LogP contribution in [0.1, 0.15) is 30.8 Å². The number of nitrogens with one attached hydrogen (secondary N) is 1. The summed E-state index contributed by atoms with van der Waals surface area (Å²) in [5, 5.41) is 0.988. The van der Waals surface area contributed by atoms with E-state index in [4.69, 9.17) is 10.5 Å². The van der Waals surface area contributed by atoms with Gasteiger partial charge in [-0.3, -0.25) is 0 Å². The number of aromatic amines is 1. The number of carbonyl (C=O) groups excluding carboxylic acids is 1. The third kappa shape index (κ3) is 2.87. The molecule has 4 nitrogen and oxygen atoms in total. The zero-order chi connectivity index (χ0) is 13.8. The summed E-state index contributed by atoms with van der Waals surface area (Å²) >= 11 is 1.77. The lowest BCUT2D eigenvalue weighted by Crippen LogP contribution is -2.04. The molecule has 0 aliphatic carbocycles. The molecule has 102 valence electrons. The second-order valence-electron chi connectivity index (χ2n) is 4.19. The van der Waals surface area contributed by atoms with Crippen molar-refractivity contribution in [3.63, 3.8) is 0 Å². The molecule has 5 heteroatoms. The first-order chi connectivity index (χ1) is 9.17. The van der Waals surface area contributed by atoms with Crippen LogP contribution in [0.15, 0.2) is 23.1 Å². The molecule has 0 saturated carbocycles. The quantitative estimate of drug-likeness (QED) is 0.499. The number of carbonyl (C=O) groups is 1. The average molecular weight is 278 g/mol. The molecular weight excluding hydrogens is 260 g/mol. The molecule has 1 aromatic carbocycles. The number of fused-ring (bicyclic) bond motifs is 1. The minimum absolute atomic E-state index is 0.343. The van der Waals surface area contributed by atoms with E-state index in [9.17, 15) is 4.79 Å². The average Bonchev–Trinajstić information content (AvgIpc) is 2.84. The van der Waals surface area contributed by atoms with E-state index in [2.05, 4.69) is 11.9 Å². The summed E-state index contributed by atoms with van der Waals surface area (Å²) in [6, 6.07) is 5.69. The molecule has 3 N–H and O–H groups in total. The molecule has 0 aliphatic rings. The Kier molecular flexibility index (Phi) is 4.37. The van der Waals surface area contributed by atoms with Crippen LogP contribution in [0.3, 0.4) is 0 Å². The fourth-order valence-corrected chi connectivity index (χ4v) is 2.78. The summed E-state index contributed by atoms with van der Waals surface area (Å²) in [6.07, 6.45) is 1.10. The Hall–Kier alpha value is -1.62. The Bertz CT molecular complexity index is 592. The summed E-state index contributed by atoms with van der Waals surface area (Å²) in [5.41, 5.74) is 7.85. The number of benzene rings is 1. The van der Waals surface area contributed by atoms with E-state index in [1.54, 1.807) is 18.7 Å². The van der Waals surface area contributed by atoms with Crippen LogP contribution in [0.2, 0.25) is 0 Å². The monoisotopic (exact) mass is 278 g/mol. The van der Waals surface area contributed by atoms with Crippen molar-refractivity contribution >= 4 is 34.3 Å². The van der Waals surface area contributed by atoms with Gasteiger partial charge in [0.25, 0.3) is 0 Å². The number of anilines is 1. The number of rotatable bonds is 5. The van der Waals surface area contributed by atoms with Gasteiger partial charge in [0.15, 0.2) is 0 Å². The number of H-pyrrole nitrogens is 1. The predicted octanol–water partition coefficient (Wildman–Crippen LogP) is 3.43. The number of nitrogen functional groups attached to an aromatic ring is 1. The molecule has 2 rings (SSSR count). The van der Waals surface area contributed by atoms with Crippen LogP contribution in [0.5, 0.6) is 0 Å². The smallest absolute Gasteiger partial charge is 0.354 e. The van der Waals surface area contributed by atoms with Crippen molar-refractivity contribution in [1.82, 2.24) is 4.98 Å². The molecule has 0 amide bonds. The van der Waals surface area contributed by atoms with Gasteiger partial charge in [-0.25, -0.2) is 4.79 Å². The SMILES string of the molecule is CCCSc1ccc(N)c2[nH]c(C(=O)OCC)cc12. The van der Waals surface area contributed by atoms with Gasteiger partial charge in [-0.05, 0) is 37.3 Å². The lowest BCUT2D eigenvalue weighted by molar-refractivity contribution is 0.0520. The zero-order valence-electron chi connectivity index (χ0n) is 11.2. The lowest BCUT2D eigenvalue weighted by Gasteiger charge is -2.03. The van der Waals surface area contributed by atoms with Gasteiger partial charge in [0.05, 0.1) is 17.8 Å². The zero-order valence-corrected chi connectivity index (χ0v) is 12.0. The van der Waals surface area contributed by atoms with Gasteiger partial charge in [-0.1, -0.05) is 6.92 Å². The molecule has 0 atom stereocenters. The maximum absolute atomic E-state index is 11.7. The number of thioether (sulfide) groups is 1. The molecule has 0 radical (unpaired) electrons. The summed E-state index contributed by atoms with van der Waals surface area (Å²) in [7, 11) is 0. The number of esters is 1. The Morgan fingerprint density at radius 3 is 2.89 bits per heavy atom. The number of hydrogen-bond acceptors (Lipinski definition) is 4. The van der Waals surface area contributed by atoms with Gasteiger partial charge in [-0.15, -0.1) is 11.8 Å². The molecule has 1 heterocycles. The third-order valence-corrected chi connectivity index (χ3v) is 4.02. The van der Waals surface area contributed by atoms with Crippen LogP contribution in [0.25, 0.3) is 10.9 Å². The Balaban J connectivity index is 2.44. The van der Waals surface area contributed by atoms with E-state index in [0.717, 1.165) is 28.0 Å². The number of aromatic nitrogens is 1. The van der Waals surface area contributed by atoms with E-state index in [0.29, 0.717) is 18.0 Å². The van der Waals surface area contributed by atoms with Crippen molar-refractivity contribution in [3.8, 4) is 0 Å². The highest BCUT2D eigenvalue weighted by Gasteiger charge is 2.14. The summed E-state index contributed by atoms with van der Waals surface area (Å²) in [4.78, 5) is 15.9. The van der Waals surface area contributed by atoms with Crippen molar-refractivity contribution in [3.05, 3.63) is 23.9 Å². The summed E-state index contributed by atoms with van der Waals surface area (Å²) in [6.45, 7) is 4.29. The molecule has 0 aliphatic heterocycles. The largest absolute Gasteiger partial charge is 0.461 e. The maximum Gasteiger partial charge on any atom is 0.354 e. The highest BCUT2D eigenvalue weighted by molar-refractivity contribution is 7.99. The predicted molar refractivity (Wildman–Crippen MR) is 79.7 cm³/mol. The Morgan fingerprint density at radius 2 is 2.21 bits per heavy atom. The van der Waals surface area contributed by atoms with Crippen molar-refractivity contribution in [2.24, 2.45) is 0 Å². The van der Waals surface area contributed by atoms with Crippen LogP contribution < -0.4 is 5.73 Å². The molecule has 19 heavy (non-hydrogen) atoms. The van der Waals surface area contributed by atoms with E-state index in [1.165, 1.54) is 0 Å². The van der Waals surface area contributed by atoms with Gasteiger partial charge in [0.2, 0.25) is 0 Å². The molecule has 2 aromatic rings. The molecule has 1 aromatic heterocycles. The van der Waals surface area contributed by atoms with Crippen molar-refractivity contribution in [1.29, 1.82) is 0 Å².